The van der Waals surface area contributed by atoms with Gasteiger partial charge in [-0.1, -0.05) is 104 Å². The lowest BCUT2D eigenvalue weighted by Crippen LogP contribution is -2.55. The fourth-order valence-corrected chi connectivity index (χ4v) is 5.37. The fraction of sp³-hybridized carbons (Fsp3) is 0.257. The van der Waals surface area contributed by atoms with Crippen molar-refractivity contribution in [3.8, 4) is 0 Å². The predicted molar refractivity (Wildman–Crippen MR) is 160 cm³/mol. The Labute approximate surface area is 240 Å². The lowest BCUT2D eigenvalue weighted by molar-refractivity contribution is -0.141. The fourth-order valence-electron chi connectivity index (χ4n) is 5.37. The van der Waals surface area contributed by atoms with Gasteiger partial charge in [0.05, 0.1) is 12.6 Å². The summed E-state index contributed by atoms with van der Waals surface area (Å²) in [5.41, 5.74) is 3.77. The van der Waals surface area contributed by atoms with Crippen LogP contribution in [0.4, 0.5) is 0 Å². The number of aliphatic carboxylic acids is 1. The molecule has 1 aliphatic carbocycles. The Morgan fingerprint density at radius 3 is 2.41 bits per heavy atom. The van der Waals surface area contributed by atoms with E-state index in [0.717, 1.165) is 58.3 Å². The highest BCUT2D eigenvalue weighted by Gasteiger charge is 2.42. The Morgan fingerprint density at radius 2 is 1.68 bits per heavy atom. The average molecular weight is 550 g/mol. The molecule has 210 valence electrons. The van der Waals surface area contributed by atoms with Crippen molar-refractivity contribution in [2.75, 3.05) is 0 Å². The van der Waals surface area contributed by atoms with Crippen molar-refractivity contribution in [1.29, 1.82) is 0 Å². The number of ether oxygens (including phenoxy) is 1. The first-order valence-corrected chi connectivity index (χ1v) is 14.1. The minimum Gasteiger partial charge on any atom is -0.481 e. The molecule has 6 heteroatoms. The van der Waals surface area contributed by atoms with Crippen LogP contribution in [0.15, 0.2) is 108 Å². The summed E-state index contributed by atoms with van der Waals surface area (Å²) in [5, 5.41) is 13.4. The summed E-state index contributed by atoms with van der Waals surface area (Å²) >= 11 is 0. The molecule has 41 heavy (non-hydrogen) atoms. The molecule has 2 N–H and O–H groups in total. The minimum atomic E-state index is -1.18. The van der Waals surface area contributed by atoms with Crippen LogP contribution < -0.4 is 5.32 Å². The summed E-state index contributed by atoms with van der Waals surface area (Å²) in [4.78, 5) is 24.4. The molecule has 2 unspecified atom stereocenters. The Bertz CT molecular complexity index is 1550. The molecule has 0 radical (unpaired) electrons. The number of unbranched alkanes of at least 4 members (excludes halogenated alkanes) is 1. The van der Waals surface area contributed by atoms with Gasteiger partial charge in [0.25, 0.3) is 0 Å². The van der Waals surface area contributed by atoms with Gasteiger partial charge in [0, 0.05) is 23.8 Å². The van der Waals surface area contributed by atoms with E-state index in [4.69, 9.17) is 9.15 Å². The Balaban J connectivity index is 1.61. The highest BCUT2D eigenvalue weighted by molar-refractivity contribution is 5.94. The van der Waals surface area contributed by atoms with Gasteiger partial charge in [-0.05, 0) is 35.3 Å². The maximum Gasteiger partial charge on any atom is 0.312 e. The molecule has 6 nitrogen and oxygen atoms in total. The molecule has 0 bridgehead atoms. The van der Waals surface area contributed by atoms with E-state index in [-0.39, 0.29) is 0 Å². The molecule has 1 aromatic heterocycles. The molecule has 4 aromatic rings. The zero-order valence-corrected chi connectivity index (χ0v) is 23.2. The van der Waals surface area contributed by atoms with Gasteiger partial charge in [0.2, 0.25) is 5.91 Å². The van der Waals surface area contributed by atoms with E-state index in [1.54, 1.807) is 0 Å². The molecular formula is C35H35NO5. The van der Waals surface area contributed by atoms with Crippen molar-refractivity contribution in [2.45, 2.75) is 57.3 Å². The van der Waals surface area contributed by atoms with Crippen molar-refractivity contribution >= 4 is 28.4 Å². The number of allylic oxidation sites excluding steroid dienone is 2. The molecule has 1 amide bonds. The van der Waals surface area contributed by atoms with Gasteiger partial charge in [0.1, 0.15) is 23.4 Å². The van der Waals surface area contributed by atoms with E-state index >= 15 is 0 Å². The summed E-state index contributed by atoms with van der Waals surface area (Å²) in [6, 6.07) is 27.2. The molecule has 2 atom stereocenters. The Kier molecular flexibility index (Phi) is 8.80. The summed E-state index contributed by atoms with van der Waals surface area (Å²) in [6.07, 6.45) is 8.65. The lowest BCUT2D eigenvalue weighted by Gasteiger charge is -2.40. The topological polar surface area (TPSA) is 88.8 Å². The number of benzene rings is 3. The molecule has 0 aliphatic heterocycles. The van der Waals surface area contributed by atoms with Crippen molar-refractivity contribution in [3.63, 3.8) is 0 Å². The van der Waals surface area contributed by atoms with Gasteiger partial charge in [-0.15, -0.1) is 0 Å². The quantitative estimate of drug-likeness (QED) is 0.188. The third kappa shape index (κ3) is 6.67. The molecule has 1 heterocycles. The minimum absolute atomic E-state index is 0.311. The number of hydrogen-bond donors (Lipinski definition) is 2. The molecule has 0 fully saturated rings. The third-order valence-corrected chi connectivity index (χ3v) is 7.50. The number of hydrogen-bond acceptors (Lipinski definition) is 4. The second-order valence-electron chi connectivity index (χ2n) is 10.4. The van der Waals surface area contributed by atoms with E-state index in [0.29, 0.717) is 13.0 Å². The van der Waals surface area contributed by atoms with Crippen LogP contribution in [0, 0.1) is 0 Å². The van der Waals surface area contributed by atoms with Crippen LogP contribution in [-0.2, 0) is 33.8 Å². The van der Waals surface area contributed by atoms with E-state index in [1.165, 1.54) is 0 Å². The number of fused-ring (bicyclic) bond motifs is 1. The monoisotopic (exact) mass is 549 g/mol. The second kappa shape index (κ2) is 12.8. The third-order valence-electron chi connectivity index (χ3n) is 7.50. The Hall–Kier alpha value is -4.42. The van der Waals surface area contributed by atoms with Gasteiger partial charge in [-0.3, -0.25) is 9.59 Å². The van der Waals surface area contributed by atoms with Crippen LogP contribution >= 0.6 is 0 Å². The van der Waals surface area contributed by atoms with Gasteiger partial charge >= 0.3 is 5.97 Å². The predicted octanol–water partition coefficient (Wildman–Crippen LogP) is 6.89. The van der Waals surface area contributed by atoms with Gasteiger partial charge in [-0.2, -0.15) is 0 Å². The molecule has 5 rings (SSSR count). The first-order valence-electron chi connectivity index (χ1n) is 14.1. The Morgan fingerprint density at radius 1 is 0.976 bits per heavy atom. The zero-order chi connectivity index (χ0) is 28.7. The van der Waals surface area contributed by atoms with Crippen LogP contribution in [0.1, 0.15) is 48.6 Å². The van der Waals surface area contributed by atoms with Gasteiger partial charge in [-0.25, -0.2) is 0 Å². The number of para-hydroxylation sites is 1. The number of carbonyl (C=O) groups is 2. The van der Waals surface area contributed by atoms with Gasteiger partial charge < -0.3 is 19.6 Å². The smallest absolute Gasteiger partial charge is 0.312 e. The van der Waals surface area contributed by atoms with E-state index in [2.05, 4.69) is 18.3 Å². The van der Waals surface area contributed by atoms with Crippen molar-refractivity contribution < 1.29 is 23.8 Å². The second-order valence-corrected chi connectivity index (χ2v) is 10.4. The summed E-state index contributed by atoms with van der Waals surface area (Å²) < 4.78 is 13.2. The standard InChI is InChI=1S/C35H35NO5/c1-2-3-17-31-29(28-16-10-11-18-30(28)41-31)23-35(40-24-25-12-6-4-7-13-25)20-19-27(26-14-8-5-9-15-26)21-32(35)36-33(37)22-34(38)39/h4-16,18-21,32H,2-3,17,22-24H2,1H3,(H,36,37)(H,38,39). The van der Waals surface area contributed by atoms with Crippen LogP contribution in [0.5, 0.6) is 0 Å². The van der Waals surface area contributed by atoms with Crippen molar-refractivity contribution in [1.82, 2.24) is 5.32 Å². The first kappa shape index (κ1) is 28.1. The molecule has 0 saturated heterocycles. The summed E-state index contributed by atoms with van der Waals surface area (Å²) in [7, 11) is 0. The molecule has 0 saturated carbocycles. The van der Waals surface area contributed by atoms with Crippen LogP contribution in [0.2, 0.25) is 0 Å². The number of nitrogens with one attached hydrogen (secondary N) is 1. The van der Waals surface area contributed by atoms with Crippen molar-refractivity contribution in [3.05, 3.63) is 126 Å². The van der Waals surface area contributed by atoms with Gasteiger partial charge in [0.15, 0.2) is 0 Å². The van der Waals surface area contributed by atoms with E-state index in [9.17, 15) is 14.7 Å². The number of rotatable bonds is 12. The summed E-state index contributed by atoms with van der Waals surface area (Å²) in [6.45, 7) is 2.46. The van der Waals surface area contributed by atoms with E-state index < -0.39 is 29.9 Å². The highest BCUT2D eigenvalue weighted by Crippen LogP contribution is 2.38. The number of carbonyl (C=O) groups excluding carboxylic acids is 1. The van der Waals surface area contributed by atoms with Crippen LogP contribution in [0.25, 0.3) is 16.5 Å². The van der Waals surface area contributed by atoms with Crippen molar-refractivity contribution in [2.24, 2.45) is 0 Å². The number of amides is 1. The molecule has 3 aromatic carbocycles. The number of carboxylic acids is 1. The number of furan rings is 1. The maximum absolute atomic E-state index is 12.9. The molecular weight excluding hydrogens is 514 g/mol. The van der Waals surface area contributed by atoms with Crippen LogP contribution in [-0.4, -0.2) is 28.6 Å². The van der Waals surface area contributed by atoms with E-state index in [1.807, 2.05) is 97.1 Å². The zero-order valence-electron chi connectivity index (χ0n) is 23.2. The maximum atomic E-state index is 12.9. The largest absolute Gasteiger partial charge is 0.481 e. The average Bonchev–Trinajstić information content (AvgIpc) is 3.33. The van der Waals surface area contributed by atoms with Crippen LogP contribution in [0.3, 0.4) is 0 Å². The molecule has 1 aliphatic rings. The summed E-state index contributed by atoms with van der Waals surface area (Å²) in [5.74, 6) is -0.838. The normalized spacial score (nSPS) is 18.3. The first-order chi connectivity index (χ1) is 20.0. The molecule has 0 spiro atoms. The highest BCUT2D eigenvalue weighted by atomic mass is 16.5. The SMILES string of the molecule is CCCCc1oc2ccccc2c1CC1(OCc2ccccc2)C=CC(c2ccccc2)=CC1NC(=O)CC(=O)O. The number of carboxylic acid groups (broad SMARTS) is 1. The lowest BCUT2D eigenvalue weighted by atomic mass is 9.79. The number of aryl methyl sites for hydroxylation is 1.